The van der Waals surface area contributed by atoms with E-state index in [1.165, 1.54) is 12.1 Å². The first-order valence-electron chi connectivity index (χ1n) is 7.08. The van der Waals surface area contributed by atoms with Crippen molar-refractivity contribution < 1.29 is 9.18 Å². The van der Waals surface area contributed by atoms with Gasteiger partial charge in [0.2, 0.25) is 0 Å². The summed E-state index contributed by atoms with van der Waals surface area (Å²) in [5.41, 5.74) is 2.32. The van der Waals surface area contributed by atoms with Crippen molar-refractivity contribution in [1.82, 2.24) is 15.1 Å². The number of rotatable bonds is 2. The molecule has 0 radical (unpaired) electrons. The number of aromatic amines is 1. The van der Waals surface area contributed by atoms with Gasteiger partial charge >= 0.3 is 6.03 Å². The number of benzene rings is 1. The SMILES string of the molecule is CN(Cc1ccn[nH]1)C(=O)N1CCN(C)c2ccc(F)cc21. The average molecular weight is 303 g/mol. The van der Waals surface area contributed by atoms with E-state index >= 15 is 0 Å². The van der Waals surface area contributed by atoms with Crippen molar-refractivity contribution in [2.45, 2.75) is 6.54 Å². The molecule has 1 aromatic heterocycles. The Bertz CT molecular complexity index is 673. The molecule has 2 amide bonds. The first kappa shape index (κ1) is 14.4. The molecule has 6 nitrogen and oxygen atoms in total. The number of amides is 2. The molecule has 0 bridgehead atoms. The number of hydrogen-bond donors (Lipinski definition) is 1. The smallest absolute Gasteiger partial charge is 0.324 e. The van der Waals surface area contributed by atoms with Gasteiger partial charge in [-0.3, -0.25) is 10.00 Å². The zero-order chi connectivity index (χ0) is 15.7. The maximum Gasteiger partial charge on any atom is 0.324 e. The highest BCUT2D eigenvalue weighted by Gasteiger charge is 2.27. The second kappa shape index (κ2) is 5.67. The standard InChI is InChI=1S/C15H18FN5O/c1-19-7-8-21(14-9-11(16)3-4-13(14)19)15(22)20(2)10-12-5-6-17-18-12/h3-6,9H,7-8,10H2,1-2H3,(H,17,18). The number of aromatic nitrogens is 2. The summed E-state index contributed by atoms with van der Waals surface area (Å²) >= 11 is 0. The maximum atomic E-state index is 13.6. The summed E-state index contributed by atoms with van der Waals surface area (Å²) in [6.07, 6.45) is 1.65. The Balaban J connectivity index is 1.84. The Labute approximate surface area is 128 Å². The Morgan fingerprint density at radius 3 is 2.91 bits per heavy atom. The minimum Gasteiger partial charge on any atom is -0.371 e. The van der Waals surface area contributed by atoms with Crippen LogP contribution in [0.5, 0.6) is 0 Å². The van der Waals surface area contributed by atoms with Crippen LogP contribution < -0.4 is 9.80 Å². The highest BCUT2D eigenvalue weighted by molar-refractivity contribution is 5.96. The van der Waals surface area contributed by atoms with Gasteiger partial charge in [-0.2, -0.15) is 5.10 Å². The van der Waals surface area contributed by atoms with Gasteiger partial charge in [-0.05, 0) is 24.3 Å². The van der Waals surface area contributed by atoms with Gasteiger partial charge in [-0.1, -0.05) is 0 Å². The van der Waals surface area contributed by atoms with Crippen molar-refractivity contribution in [3.63, 3.8) is 0 Å². The number of halogens is 1. The van der Waals surface area contributed by atoms with Crippen molar-refractivity contribution in [2.24, 2.45) is 0 Å². The molecular formula is C15H18FN5O. The Kier molecular flexibility index (Phi) is 3.70. The third kappa shape index (κ3) is 2.61. The van der Waals surface area contributed by atoms with Gasteiger partial charge in [0, 0.05) is 33.4 Å². The third-order valence-corrected chi connectivity index (χ3v) is 3.82. The molecule has 0 aliphatic carbocycles. The molecule has 0 spiro atoms. The van der Waals surface area contributed by atoms with Crippen LogP contribution in [0.1, 0.15) is 5.69 Å². The lowest BCUT2D eigenvalue weighted by Crippen LogP contribution is -2.47. The van der Waals surface area contributed by atoms with Crippen molar-refractivity contribution in [1.29, 1.82) is 0 Å². The number of carbonyl (C=O) groups excluding carboxylic acids is 1. The fourth-order valence-electron chi connectivity index (χ4n) is 2.63. The molecule has 22 heavy (non-hydrogen) atoms. The molecule has 2 aromatic rings. The van der Waals surface area contributed by atoms with Crippen LogP contribution in [0.4, 0.5) is 20.6 Å². The highest BCUT2D eigenvalue weighted by atomic mass is 19.1. The van der Waals surface area contributed by atoms with Crippen molar-refractivity contribution in [3.8, 4) is 0 Å². The monoisotopic (exact) mass is 303 g/mol. The average Bonchev–Trinajstić information content (AvgIpc) is 2.99. The van der Waals surface area contributed by atoms with Gasteiger partial charge in [0.25, 0.3) is 0 Å². The Morgan fingerprint density at radius 1 is 1.36 bits per heavy atom. The van der Waals surface area contributed by atoms with Gasteiger partial charge in [0.1, 0.15) is 5.82 Å². The molecule has 0 saturated heterocycles. The Hall–Kier alpha value is -2.57. The largest absolute Gasteiger partial charge is 0.371 e. The summed E-state index contributed by atoms with van der Waals surface area (Å²) in [4.78, 5) is 17.9. The van der Waals surface area contributed by atoms with E-state index in [0.29, 0.717) is 25.3 Å². The number of anilines is 2. The highest BCUT2D eigenvalue weighted by Crippen LogP contribution is 2.33. The fourth-order valence-corrected chi connectivity index (χ4v) is 2.63. The second-order valence-electron chi connectivity index (χ2n) is 5.43. The minimum absolute atomic E-state index is 0.158. The van der Waals surface area contributed by atoms with E-state index in [0.717, 1.165) is 11.4 Å². The van der Waals surface area contributed by atoms with Crippen LogP contribution >= 0.6 is 0 Å². The molecule has 1 aliphatic rings. The fraction of sp³-hybridized carbons (Fsp3) is 0.333. The zero-order valence-electron chi connectivity index (χ0n) is 12.6. The summed E-state index contributed by atoms with van der Waals surface area (Å²) in [6.45, 7) is 1.66. The van der Waals surface area contributed by atoms with E-state index < -0.39 is 0 Å². The lowest BCUT2D eigenvalue weighted by Gasteiger charge is -2.37. The number of urea groups is 1. The van der Waals surface area contributed by atoms with Crippen LogP contribution in [0.25, 0.3) is 0 Å². The second-order valence-corrected chi connectivity index (χ2v) is 5.43. The van der Waals surface area contributed by atoms with Crippen LogP contribution in [0, 0.1) is 5.82 Å². The van der Waals surface area contributed by atoms with Crippen LogP contribution in [-0.2, 0) is 6.54 Å². The molecule has 116 valence electrons. The molecule has 0 atom stereocenters. The summed E-state index contributed by atoms with van der Waals surface area (Å²) in [7, 11) is 3.66. The minimum atomic E-state index is -0.344. The molecule has 3 rings (SSSR count). The molecule has 1 aromatic carbocycles. The van der Waals surface area contributed by atoms with Crippen molar-refractivity contribution >= 4 is 17.4 Å². The lowest BCUT2D eigenvalue weighted by atomic mass is 10.1. The van der Waals surface area contributed by atoms with Gasteiger partial charge in [-0.25, -0.2) is 9.18 Å². The summed E-state index contributed by atoms with van der Waals surface area (Å²) < 4.78 is 13.6. The molecular weight excluding hydrogens is 285 g/mol. The number of nitrogens with zero attached hydrogens (tertiary/aromatic N) is 4. The topological polar surface area (TPSA) is 55.5 Å². The molecule has 1 N–H and O–H groups in total. The summed E-state index contributed by atoms with van der Waals surface area (Å²) in [6, 6.07) is 6.19. The van der Waals surface area contributed by atoms with Crippen LogP contribution in [-0.4, -0.2) is 48.3 Å². The molecule has 7 heteroatoms. The number of hydrogen-bond acceptors (Lipinski definition) is 3. The summed E-state index contributed by atoms with van der Waals surface area (Å²) in [5, 5.41) is 6.70. The Morgan fingerprint density at radius 2 is 2.18 bits per heavy atom. The van der Waals surface area contributed by atoms with E-state index in [1.807, 2.05) is 18.0 Å². The first-order chi connectivity index (χ1) is 10.6. The number of carbonyl (C=O) groups is 1. The molecule has 0 fully saturated rings. The maximum absolute atomic E-state index is 13.6. The van der Waals surface area contributed by atoms with Crippen LogP contribution in [0.3, 0.4) is 0 Å². The quantitative estimate of drug-likeness (QED) is 0.924. The number of likely N-dealkylation sites (N-methyl/N-ethyl adjacent to an activating group) is 1. The first-order valence-corrected chi connectivity index (χ1v) is 7.08. The zero-order valence-corrected chi connectivity index (χ0v) is 12.6. The van der Waals surface area contributed by atoms with Crippen LogP contribution in [0.15, 0.2) is 30.5 Å². The van der Waals surface area contributed by atoms with E-state index in [2.05, 4.69) is 10.2 Å². The van der Waals surface area contributed by atoms with Crippen LogP contribution in [0.2, 0.25) is 0 Å². The van der Waals surface area contributed by atoms with Gasteiger partial charge in [-0.15, -0.1) is 0 Å². The van der Waals surface area contributed by atoms with Crippen molar-refractivity contribution in [2.75, 3.05) is 37.0 Å². The number of H-pyrrole nitrogens is 1. The normalized spacial score (nSPS) is 14.0. The van der Waals surface area contributed by atoms with E-state index in [1.54, 1.807) is 29.1 Å². The molecule has 0 saturated carbocycles. The lowest BCUT2D eigenvalue weighted by molar-refractivity contribution is 0.213. The molecule has 2 heterocycles. The van der Waals surface area contributed by atoms with E-state index in [-0.39, 0.29) is 11.8 Å². The predicted molar refractivity (Wildman–Crippen MR) is 82.5 cm³/mol. The van der Waals surface area contributed by atoms with Gasteiger partial charge < -0.3 is 9.80 Å². The number of fused-ring (bicyclic) bond motifs is 1. The van der Waals surface area contributed by atoms with Gasteiger partial charge in [0.05, 0.1) is 23.6 Å². The van der Waals surface area contributed by atoms with E-state index in [9.17, 15) is 9.18 Å². The van der Waals surface area contributed by atoms with E-state index in [4.69, 9.17) is 0 Å². The number of nitrogens with one attached hydrogen (secondary N) is 1. The van der Waals surface area contributed by atoms with Gasteiger partial charge in [0.15, 0.2) is 0 Å². The molecule has 1 aliphatic heterocycles. The summed E-state index contributed by atoms with van der Waals surface area (Å²) in [5.74, 6) is -0.344. The third-order valence-electron chi connectivity index (χ3n) is 3.82. The van der Waals surface area contributed by atoms with Crippen molar-refractivity contribution in [3.05, 3.63) is 42.0 Å². The predicted octanol–water partition coefficient (Wildman–Crippen LogP) is 2.06. The molecule has 0 unspecified atom stereocenters.